The van der Waals surface area contributed by atoms with E-state index >= 15 is 0 Å². The number of carbonyl (C=O) groups excluding carboxylic acids is 3. The molecule has 28 nitrogen and oxygen atoms in total. The summed E-state index contributed by atoms with van der Waals surface area (Å²) in [5.41, 5.74) is 12.2. The highest BCUT2D eigenvalue weighted by molar-refractivity contribution is 7.60. The number of aromatic nitrogens is 6. The van der Waals surface area contributed by atoms with E-state index in [0.717, 1.165) is 148 Å². The highest BCUT2D eigenvalue weighted by Crippen LogP contribution is 2.40. The smallest absolute Gasteiger partial charge is 0.318 e. The Labute approximate surface area is 815 Å². The lowest BCUT2D eigenvalue weighted by atomic mass is 10.0. The molecule has 0 unspecified atom stereocenters. The summed E-state index contributed by atoms with van der Waals surface area (Å²) >= 11 is 5.95. The number of aliphatic hydroxyl groups is 1. The predicted octanol–water partition coefficient (Wildman–Crippen LogP) is 10.9. The maximum Gasteiger partial charge on any atom is 0.318 e. The molecule has 17 rings (SSSR count). The molecular weight excluding hydrogens is 1780 g/mol. The minimum atomic E-state index is -0.830. The van der Waals surface area contributed by atoms with E-state index in [2.05, 4.69) is 219 Å². The Hall–Kier alpha value is -9.79. The van der Waals surface area contributed by atoms with Crippen molar-refractivity contribution in [2.24, 2.45) is 0 Å². The van der Waals surface area contributed by atoms with Crippen LogP contribution in [0.25, 0.3) is 21.5 Å². The van der Waals surface area contributed by atoms with Crippen molar-refractivity contribution in [2.45, 2.75) is 147 Å². The number of ether oxygens (including phenoxy) is 3. The summed E-state index contributed by atoms with van der Waals surface area (Å²) in [5.74, 6) is 5.99. The van der Waals surface area contributed by atoms with E-state index in [4.69, 9.17) is 64.9 Å². The van der Waals surface area contributed by atoms with Crippen LogP contribution >= 0.6 is 92.6 Å². The summed E-state index contributed by atoms with van der Waals surface area (Å²) in [6.45, 7) is 19.8. The monoisotopic (exact) mass is 1900 g/mol. The Balaban J connectivity index is 0.000000220. The van der Waals surface area contributed by atoms with Gasteiger partial charge in [-0.3, -0.25) is 14.4 Å². The molecule has 0 bridgehead atoms. The van der Waals surface area contributed by atoms with Crippen LogP contribution in [0, 0.1) is 59.7 Å². The fraction of sp³-hybridized carbons (Fsp3) is 0.474. The van der Waals surface area contributed by atoms with Crippen LogP contribution in [0.2, 0.25) is 0 Å². The first-order valence-corrected chi connectivity index (χ1v) is 43.8. The molecule has 6 saturated heterocycles. The lowest BCUT2D eigenvalue weighted by molar-refractivity contribution is -0.129. The highest BCUT2D eigenvalue weighted by Gasteiger charge is 2.40. The SMILES string of the molecule is C=C(Cl)C(=O)N1CCN(c2nc(OC[C@@H]3CCCN3C)nc3c2CCN(c2cccc(C)c2C)C3)C[C@@H]1CC#N.CN1CCC[C@H]1COc1nc2c(c(N3CCN(C(=O)C#CCO)[C@@H](CC#N)C3)n1)CCN(c1cccc3ccccc13)C2.S.S.S.S.S.S.[2H]C([2H])=C([2H])C(=O)N1CCN(c2nc(OC[C@@H]3CCCN3C)nc3c2CCN(c2cccc4ccccc24)C3)C[C@@H]1CC#N. The van der Waals surface area contributed by atoms with Gasteiger partial charge in [-0.25, -0.2) is 0 Å². The largest absolute Gasteiger partial charge is 0.462 e. The summed E-state index contributed by atoms with van der Waals surface area (Å²) < 4.78 is 41.6. The molecule has 130 heavy (non-hydrogen) atoms. The number of aryl methyl sites for hydroxylation is 1. The Morgan fingerprint density at radius 1 is 0.485 bits per heavy atom. The summed E-state index contributed by atoms with van der Waals surface area (Å²) in [6.07, 6.45) is 9.48. The molecule has 6 fully saturated rings. The summed E-state index contributed by atoms with van der Waals surface area (Å²) in [6, 6.07) is 43.0. The molecule has 0 saturated carbocycles. The van der Waals surface area contributed by atoms with Crippen LogP contribution in [0.15, 0.2) is 127 Å². The number of halogens is 1. The zero-order valence-electron chi connectivity index (χ0n) is 77.7. The van der Waals surface area contributed by atoms with Gasteiger partial charge >= 0.3 is 18.0 Å². The number of hydrogen-bond acceptors (Lipinski definition) is 25. The quantitative estimate of drug-likeness (QED) is 0.0548. The molecular formula is C95H124ClN21O7S6. The van der Waals surface area contributed by atoms with Gasteiger partial charge in [-0.1, -0.05) is 116 Å². The lowest BCUT2D eigenvalue weighted by Crippen LogP contribution is -2.55. The zero-order valence-corrected chi connectivity index (χ0v) is 81.4. The van der Waals surface area contributed by atoms with Gasteiger partial charge in [0.2, 0.25) is 5.91 Å². The van der Waals surface area contributed by atoms with E-state index in [9.17, 15) is 30.2 Å². The van der Waals surface area contributed by atoms with Crippen LogP contribution in [0.5, 0.6) is 18.0 Å². The normalized spacial score (nSPS) is 20.2. The number of carbonyl (C=O) groups is 3. The molecule has 6 atom stereocenters. The number of likely N-dealkylation sites (N-methyl/N-ethyl adjacent to an activating group) is 3. The maximum atomic E-state index is 12.9. The van der Waals surface area contributed by atoms with Crippen molar-refractivity contribution < 1.29 is 37.8 Å². The predicted molar refractivity (Wildman–Crippen MR) is 544 cm³/mol. The van der Waals surface area contributed by atoms with Gasteiger partial charge < -0.3 is 78.1 Å². The first kappa shape index (κ1) is 99.2. The van der Waals surface area contributed by atoms with Crippen LogP contribution < -0.4 is 43.6 Å². The van der Waals surface area contributed by atoms with Crippen molar-refractivity contribution in [1.82, 2.24) is 59.3 Å². The van der Waals surface area contributed by atoms with E-state index in [1.54, 1.807) is 9.80 Å². The fourth-order valence-corrected chi connectivity index (χ4v) is 19.2. The van der Waals surface area contributed by atoms with Gasteiger partial charge in [-0.05, 0) is 164 Å². The molecule has 35 heteroatoms. The minimum absolute atomic E-state index is 0. The second-order valence-electron chi connectivity index (χ2n) is 33.6. The average Bonchev–Trinajstić information content (AvgIpc) is 1.71. The van der Waals surface area contributed by atoms with Gasteiger partial charge in [0.15, 0.2) is 0 Å². The number of rotatable bonds is 20. The van der Waals surface area contributed by atoms with E-state index in [1.807, 2.05) is 0 Å². The van der Waals surface area contributed by atoms with Gasteiger partial charge in [0.1, 0.15) is 43.9 Å². The van der Waals surface area contributed by atoms with E-state index in [0.29, 0.717) is 128 Å². The molecule has 9 aliphatic heterocycles. The van der Waals surface area contributed by atoms with Gasteiger partial charge in [0.25, 0.3) is 11.8 Å². The van der Waals surface area contributed by atoms with Crippen LogP contribution in [0.1, 0.15) is 107 Å². The van der Waals surface area contributed by atoms with Crippen LogP contribution in [-0.2, 0) is 53.3 Å². The highest BCUT2D eigenvalue weighted by atomic mass is 35.5. The second-order valence-corrected chi connectivity index (χ2v) is 34.1. The molecule has 1 N–H and O–H groups in total. The number of anilines is 6. The third-order valence-electron chi connectivity index (χ3n) is 26.2. The Kier molecular flexibility index (Phi) is 37.1. The van der Waals surface area contributed by atoms with Crippen LogP contribution in [0.3, 0.4) is 0 Å². The maximum absolute atomic E-state index is 12.9. The van der Waals surface area contributed by atoms with E-state index in [-0.39, 0.29) is 142 Å². The van der Waals surface area contributed by atoms with Gasteiger partial charge in [-0.2, -0.15) is 127 Å². The molecule has 12 heterocycles. The average molecular weight is 1900 g/mol. The summed E-state index contributed by atoms with van der Waals surface area (Å²) in [4.78, 5) is 93.3. The molecule has 8 aromatic rings. The van der Waals surface area contributed by atoms with Crippen molar-refractivity contribution in [3.63, 3.8) is 0 Å². The standard InChI is InChI=1S/C33H37N7O3.C32H37N7O2.C30H38ClN7O2.6H2S/c1-37-16-5-9-26(37)23-43-33-35-29-22-38(30-11-4-8-24-7-2-3-10-27(24)30)17-14-28(29)32(36-33)39-18-19-40(25(21-39)13-15-34)31(42)12-6-20-41;1-3-30(40)39-19-18-38(20-24(39)13-15-33)31-27-14-17-37(29-12-6-9-23-8-4-5-11-26(23)29)21-28(27)34-32(35-31)41-22-25-10-7-16-36(25)2;1-20-7-5-9-27(21(20)2)36-14-11-25-26(18-36)33-30(40-19-24-8-6-13-35(24)4)34-28(25)37-15-16-38(29(39)22(3)31)23(17-37)10-12-32;;;;;;/h2-4,7-8,10-11,25-26,41H,5,9,13-14,16-23H2,1H3;3-6,8-9,11-12,24-25H,1,7,10,13-14,16-22H2,2H3;5,7,9,23-24H,3,6,8,10-11,13-19H2,1-2,4H3;6*1H2/t25-,26-;24-,25-;23-,24-;;;;;;/m000....../s1/i;1D2,3D;;;;;;;. The summed E-state index contributed by atoms with van der Waals surface area (Å²) in [7, 11) is 6.37. The number of nitriles is 3. The Morgan fingerprint density at radius 2 is 0.854 bits per heavy atom. The number of amides is 3. The molecule has 3 aromatic heterocycles. The minimum Gasteiger partial charge on any atom is -0.462 e. The van der Waals surface area contributed by atoms with Crippen molar-refractivity contribution in [3.8, 4) is 48.1 Å². The Bertz CT molecular complexity index is 5640. The number of piperazine rings is 3. The number of likely N-dealkylation sites (tertiary alicyclic amines) is 3. The zero-order chi connectivity index (χ0) is 88.9. The fourth-order valence-electron chi connectivity index (χ4n) is 19.1. The number of fused-ring (bicyclic) bond motifs is 5. The van der Waals surface area contributed by atoms with Crippen molar-refractivity contribution >= 4 is 166 Å². The van der Waals surface area contributed by atoms with Gasteiger partial charge in [-0.15, -0.1) is 0 Å². The molecule has 9 aliphatic rings. The van der Waals surface area contributed by atoms with E-state index in [1.165, 1.54) is 55.4 Å². The Morgan fingerprint density at radius 3 is 1.25 bits per heavy atom. The molecule has 0 radical (unpaired) electrons. The van der Waals surface area contributed by atoms with Gasteiger partial charge in [0, 0.05) is 141 Å². The van der Waals surface area contributed by atoms with Crippen molar-refractivity contribution in [3.05, 3.63) is 172 Å². The first-order chi connectivity index (χ1) is 61.6. The molecule has 694 valence electrons. The van der Waals surface area contributed by atoms with E-state index < -0.39 is 24.5 Å². The first-order valence-electron chi connectivity index (χ1n) is 45.0. The van der Waals surface area contributed by atoms with Crippen molar-refractivity contribution in [1.29, 1.82) is 15.8 Å². The molecule has 0 spiro atoms. The third-order valence-corrected chi connectivity index (χ3v) is 26.3. The number of benzene rings is 5. The summed E-state index contributed by atoms with van der Waals surface area (Å²) in [5, 5.41) is 42.5. The number of nitrogens with zero attached hydrogens (tertiary/aromatic N) is 21. The molecule has 3 amide bonds. The topological polar surface area (TPSA) is 287 Å². The lowest BCUT2D eigenvalue weighted by Gasteiger charge is -2.42. The van der Waals surface area contributed by atoms with Crippen molar-refractivity contribution in [2.75, 3.05) is 175 Å². The van der Waals surface area contributed by atoms with Gasteiger partial charge in [0.05, 0.1) is 101 Å². The number of hydrogen-bond donors (Lipinski definition) is 1. The second kappa shape index (κ2) is 48.6. The molecule has 0 aliphatic carbocycles. The van der Waals surface area contributed by atoms with Crippen LogP contribution in [-0.4, -0.2) is 264 Å². The third kappa shape index (κ3) is 24.0. The van der Waals surface area contributed by atoms with Crippen LogP contribution in [0.4, 0.5) is 34.5 Å². The molecule has 5 aromatic carbocycles. The number of aliphatic hydroxyl groups excluding tert-OH is 1.